The Morgan fingerprint density at radius 3 is 2.91 bits per heavy atom. The Labute approximate surface area is 134 Å². The minimum Gasteiger partial charge on any atom is -0.468 e. The molecule has 1 aromatic heterocycles. The van der Waals surface area contributed by atoms with Gasteiger partial charge in [0.05, 0.1) is 19.6 Å². The van der Waals surface area contributed by atoms with Gasteiger partial charge >= 0.3 is 5.97 Å². The highest BCUT2D eigenvalue weighted by atomic mass is 16.5. The number of nitrogens with one attached hydrogen (secondary N) is 1. The number of ether oxygens (including phenoxy) is 1. The Bertz CT molecular complexity index is 784. The van der Waals surface area contributed by atoms with Crippen LogP contribution in [0, 0.1) is 11.3 Å². The van der Waals surface area contributed by atoms with E-state index < -0.39 is 5.97 Å². The summed E-state index contributed by atoms with van der Waals surface area (Å²) in [5.74, 6) is -0.871. The van der Waals surface area contributed by atoms with Gasteiger partial charge in [0.2, 0.25) is 5.91 Å². The summed E-state index contributed by atoms with van der Waals surface area (Å²) in [6.07, 6.45) is 5.39. The minimum absolute atomic E-state index is 0.163. The van der Waals surface area contributed by atoms with Crippen molar-refractivity contribution in [3.05, 3.63) is 42.1 Å². The number of aryl methyl sites for hydroxylation is 1. The first-order chi connectivity index (χ1) is 11.2. The average molecular weight is 311 g/mol. The number of rotatable bonds is 6. The van der Waals surface area contributed by atoms with E-state index in [0.29, 0.717) is 13.0 Å². The molecule has 2 rings (SSSR count). The van der Waals surface area contributed by atoms with E-state index in [4.69, 9.17) is 5.26 Å². The number of amides is 1. The maximum absolute atomic E-state index is 11.7. The van der Waals surface area contributed by atoms with Crippen molar-refractivity contribution in [2.24, 2.45) is 0 Å². The number of carbonyl (C=O) groups is 2. The van der Waals surface area contributed by atoms with Crippen LogP contribution < -0.4 is 5.32 Å². The number of esters is 1. The third-order valence-electron chi connectivity index (χ3n) is 3.33. The van der Waals surface area contributed by atoms with Crippen LogP contribution in [0.2, 0.25) is 0 Å². The molecule has 0 fully saturated rings. The van der Waals surface area contributed by atoms with Gasteiger partial charge in [-0.1, -0.05) is 18.2 Å². The number of carbonyl (C=O) groups excluding carboxylic acids is 2. The molecule has 6 heteroatoms. The summed E-state index contributed by atoms with van der Waals surface area (Å²) in [6.45, 7) is 0.434. The number of aromatic nitrogens is 1. The lowest BCUT2D eigenvalue weighted by atomic mass is 10.1. The summed E-state index contributed by atoms with van der Waals surface area (Å²) < 4.78 is 6.45. The molecule has 0 spiro atoms. The molecule has 0 atom stereocenters. The monoisotopic (exact) mass is 311 g/mol. The number of nitriles is 1. The standard InChI is InChI=1S/C17H17N3O3/c1-23-17(22)11-19-16(21)8-7-13-12-20(10-4-9-18)15-6-3-2-5-14(13)15/h2-3,5-8,12H,4,10-11H2,1H3,(H,19,21)/b8-7+. The fraction of sp³-hybridized carbons (Fsp3) is 0.235. The number of para-hydroxylation sites is 1. The fourth-order valence-corrected chi connectivity index (χ4v) is 2.22. The van der Waals surface area contributed by atoms with Gasteiger partial charge in [0.15, 0.2) is 0 Å². The zero-order valence-corrected chi connectivity index (χ0v) is 12.8. The van der Waals surface area contributed by atoms with Crippen LogP contribution in [-0.2, 0) is 20.9 Å². The molecule has 0 saturated heterocycles. The molecule has 0 aliphatic heterocycles. The van der Waals surface area contributed by atoms with Gasteiger partial charge in [-0.15, -0.1) is 0 Å². The molecule has 1 aromatic carbocycles. The Balaban J connectivity index is 2.16. The van der Waals surface area contributed by atoms with E-state index in [1.165, 1.54) is 13.2 Å². The number of methoxy groups -OCH3 is 1. The Morgan fingerprint density at radius 1 is 1.39 bits per heavy atom. The van der Waals surface area contributed by atoms with Crippen LogP contribution in [0.1, 0.15) is 12.0 Å². The summed E-state index contributed by atoms with van der Waals surface area (Å²) in [6, 6.07) is 9.92. The van der Waals surface area contributed by atoms with E-state index in [2.05, 4.69) is 16.1 Å². The van der Waals surface area contributed by atoms with Crippen LogP contribution in [0.5, 0.6) is 0 Å². The summed E-state index contributed by atoms with van der Waals surface area (Å²) in [5, 5.41) is 12.2. The molecule has 2 aromatic rings. The Morgan fingerprint density at radius 2 is 2.17 bits per heavy atom. The smallest absolute Gasteiger partial charge is 0.325 e. The number of benzene rings is 1. The molecule has 1 N–H and O–H groups in total. The molecule has 0 bridgehead atoms. The van der Waals surface area contributed by atoms with Crippen molar-refractivity contribution in [2.75, 3.05) is 13.7 Å². The lowest BCUT2D eigenvalue weighted by Gasteiger charge is -2.00. The van der Waals surface area contributed by atoms with E-state index >= 15 is 0 Å². The molecule has 0 aliphatic rings. The first-order valence-corrected chi connectivity index (χ1v) is 7.13. The second kappa shape index (κ2) is 7.80. The third kappa shape index (κ3) is 4.20. The van der Waals surface area contributed by atoms with Gasteiger partial charge < -0.3 is 14.6 Å². The zero-order chi connectivity index (χ0) is 16.7. The topological polar surface area (TPSA) is 84.1 Å². The van der Waals surface area contributed by atoms with Crippen LogP contribution in [0.4, 0.5) is 0 Å². The van der Waals surface area contributed by atoms with Gasteiger partial charge in [-0.2, -0.15) is 5.26 Å². The quantitative estimate of drug-likeness (QED) is 0.652. The van der Waals surface area contributed by atoms with Gasteiger partial charge in [-0.25, -0.2) is 0 Å². The third-order valence-corrected chi connectivity index (χ3v) is 3.33. The lowest BCUT2D eigenvalue weighted by Crippen LogP contribution is -2.28. The van der Waals surface area contributed by atoms with Gasteiger partial charge in [0.1, 0.15) is 6.54 Å². The molecular weight excluding hydrogens is 294 g/mol. The predicted octanol–water partition coefficient (Wildman–Crippen LogP) is 1.86. The summed E-state index contributed by atoms with van der Waals surface area (Å²) in [5.41, 5.74) is 1.89. The molecule has 6 nitrogen and oxygen atoms in total. The Kier molecular flexibility index (Phi) is 5.53. The van der Waals surface area contributed by atoms with Crippen molar-refractivity contribution in [3.63, 3.8) is 0 Å². The summed E-state index contributed by atoms with van der Waals surface area (Å²) in [4.78, 5) is 22.7. The van der Waals surface area contributed by atoms with Crippen molar-refractivity contribution < 1.29 is 14.3 Å². The molecule has 1 heterocycles. The lowest BCUT2D eigenvalue weighted by molar-refractivity contribution is -0.140. The molecule has 23 heavy (non-hydrogen) atoms. The normalized spacial score (nSPS) is 10.6. The molecule has 0 saturated carbocycles. The predicted molar refractivity (Wildman–Crippen MR) is 86.2 cm³/mol. The zero-order valence-electron chi connectivity index (χ0n) is 12.8. The highest BCUT2D eigenvalue weighted by Crippen LogP contribution is 2.22. The molecular formula is C17H17N3O3. The van der Waals surface area contributed by atoms with Gasteiger partial charge in [-0.3, -0.25) is 9.59 Å². The summed E-state index contributed by atoms with van der Waals surface area (Å²) >= 11 is 0. The fourth-order valence-electron chi connectivity index (χ4n) is 2.22. The van der Waals surface area contributed by atoms with Crippen LogP contribution in [0.25, 0.3) is 17.0 Å². The average Bonchev–Trinajstić information content (AvgIpc) is 2.94. The van der Waals surface area contributed by atoms with Gasteiger partial charge in [0.25, 0.3) is 0 Å². The van der Waals surface area contributed by atoms with E-state index in [9.17, 15) is 9.59 Å². The van der Waals surface area contributed by atoms with Gasteiger partial charge in [-0.05, 0) is 12.1 Å². The van der Waals surface area contributed by atoms with Gasteiger partial charge in [0, 0.05) is 35.3 Å². The number of hydrogen-bond donors (Lipinski definition) is 1. The maximum atomic E-state index is 11.7. The summed E-state index contributed by atoms with van der Waals surface area (Å²) in [7, 11) is 1.26. The van der Waals surface area contributed by atoms with Crippen molar-refractivity contribution in [3.8, 4) is 6.07 Å². The second-order valence-corrected chi connectivity index (χ2v) is 4.83. The second-order valence-electron chi connectivity index (χ2n) is 4.83. The number of hydrogen-bond acceptors (Lipinski definition) is 4. The SMILES string of the molecule is COC(=O)CNC(=O)/C=C/c1cn(CCC#N)c2ccccc12. The van der Waals surface area contributed by atoms with E-state index in [0.717, 1.165) is 16.5 Å². The maximum Gasteiger partial charge on any atom is 0.325 e. The molecule has 118 valence electrons. The van der Waals surface area contributed by atoms with Crippen LogP contribution in [0.3, 0.4) is 0 Å². The van der Waals surface area contributed by atoms with Crippen molar-refractivity contribution in [1.29, 1.82) is 5.26 Å². The van der Waals surface area contributed by atoms with Crippen LogP contribution >= 0.6 is 0 Å². The van der Waals surface area contributed by atoms with E-state index in [1.54, 1.807) is 6.08 Å². The Hall–Kier alpha value is -3.07. The number of fused-ring (bicyclic) bond motifs is 1. The van der Waals surface area contributed by atoms with Crippen molar-refractivity contribution in [1.82, 2.24) is 9.88 Å². The first-order valence-electron chi connectivity index (χ1n) is 7.13. The highest BCUT2D eigenvalue weighted by molar-refractivity contribution is 5.97. The molecule has 1 amide bonds. The van der Waals surface area contributed by atoms with E-state index in [-0.39, 0.29) is 12.5 Å². The van der Waals surface area contributed by atoms with Crippen LogP contribution in [0.15, 0.2) is 36.5 Å². The van der Waals surface area contributed by atoms with Crippen molar-refractivity contribution in [2.45, 2.75) is 13.0 Å². The van der Waals surface area contributed by atoms with E-state index in [1.807, 2.05) is 35.0 Å². The minimum atomic E-state index is -0.500. The first kappa shape index (κ1) is 16.3. The molecule has 0 unspecified atom stereocenters. The van der Waals surface area contributed by atoms with Crippen LogP contribution in [-0.4, -0.2) is 30.1 Å². The number of nitrogens with zero attached hydrogens (tertiary/aromatic N) is 2. The molecule has 0 aliphatic carbocycles. The largest absolute Gasteiger partial charge is 0.468 e. The highest BCUT2D eigenvalue weighted by Gasteiger charge is 2.06. The molecule has 0 radical (unpaired) electrons. The van der Waals surface area contributed by atoms with Crippen molar-refractivity contribution >= 4 is 28.9 Å².